The molecule has 2 aromatic rings. The number of rotatable bonds is 3. The predicted octanol–water partition coefficient (Wildman–Crippen LogP) is 1.61. The summed E-state index contributed by atoms with van der Waals surface area (Å²) in [5.41, 5.74) is 0.551. The molecule has 6 nitrogen and oxygen atoms in total. The summed E-state index contributed by atoms with van der Waals surface area (Å²) in [7, 11) is 5.93. The minimum atomic E-state index is -0.110. The van der Waals surface area contributed by atoms with Crippen molar-refractivity contribution in [2.45, 2.75) is 37.8 Å². The van der Waals surface area contributed by atoms with E-state index in [0.29, 0.717) is 28.8 Å². The maximum atomic E-state index is 12.2. The summed E-state index contributed by atoms with van der Waals surface area (Å²) in [6.07, 6.45) is 6.49. The number of aryl methyl sites for hydroxylation is 1. The lowest BCUT2D eigenvalue weighted by Crippen LogP contribution is -2.45. The van der Waals surface area contributed by atoms with Gasteiger partial charge in [-0.2, -0.15) is 5.10 Å². The number of hydrogen-bond acceptors (Lipinski definition) is 5. The van der Waals surface area contributed by atoms with Crippen molar-refractivity contribution in [3.05, 3.63) is 28.7 Å². The quantitative estimate of drug-likeness (QED) is 0.933. The fourth-order valence-corrected chi connectivity index (χ4v) is 3.35. The van der Waals surface area contributed by atoms with Crippen LogP contribution in [0.25, 0.3) is 10.9 Å². The van der Waals surface area contributed by atoms with Gasteiger partial charge in [0.25, 0.3) is 5.56 Å². The summed E-state index contributed by atoms with van der Waals surface area (Å²) < 4.78 is 1.39. The first-order chi connectivity index (χ1) is 10.6. The molecule has 0 unspecified atom stereocenters. The van der Waals surface area contributed by atoms with Crippen LogP contribution in [0.5, 0.6) is 0 Å². The first-order valence-corrected chi connectivity index (χ1v) is 7.83. The lowest BCUT2D eigenvalue weighted by molar-refractivity contribution is 0.211. The molecule has 1 aliphatic carbocycles. The van der Waals surface area contributed by atoms with Crippen molar-refractivity contribution in [2.75, 3.05) is 19.4 Å². The van der Waals surface area contributed by atoms with Crippen LogP contribution in [0, 0.1) is 0 Å². The second-order valence-corrected chi connectivity index (χ2v) is 6.24. The van der Waals surface area contributed by atoms with E-state index in [0.717, 1.165) is 6.42 Å². The first-order valence-electron chi connectivity index (χ1n) is 7.83. The Balaban J connectivity index is 2.00. The van der Waals surface area contributed by atoms with Crippen LogP contribution in [0.1, 0.15) is 25.7 Å². The van der Waals surface area contributed by atoms with Crippen molar-refractivity contribution < 1.29 is 0 Å². The highest BCUT2D eigenvalue weighted by atomic mass is 16.1. The van der Waals surface area contributed by atoms with Crippen LogP contribution < -0.4 is 10.9 Å². The number of hydrogen-bond donors (Lipinski definition) is 1. The molecule has 1 aliphatic rings. The summed E-state index contributed by atoms with van der Waals surface area (Å²) in [5, 5.41) is 8.56. The van der Waals surface area contributed by atoms with E-state index in [9.17, 15) is 4.79 Å². The molecule has 6 heteroatoms. The number of nitrogens with one attached hydrogen (secondary N) is 1. The fourth-order valence-electron chi connectivity index (χ4n) is 3.35. The molecule has 0 aliphatic heterocycles. The Morgan fingerprint density at radius 2 is 2.09 bits per heavy atom. The molecule has 0 aromatic carbocycles. The molecule has 3 rings (SSSR count). The molecule has 0 radical (unpaired) electrons. The molecular formula is C16H23N5O. The third-order valence-electron chi connectivity index (χ3n) is 4.52. The Bertz CT molecular complexity index is 724. The Morgan fingerprint density at radius 1 is 1.32 bits per heavy atom. The van der Waals surface area contributed by atoms with Gasteiger partial charge in [0.15, 0.2) is 5.82 Å². The van der Waals surface area contributed by atoms with Crippen molar-refractivity contribution >= 4 is 16.7 Å². The van der Waals surface area contributed by atoms with E-state index in [1.165, 1.54) is 23.9 Å². The van der Waals surface area contributed by atoms with Gasteiger partial charge in [-0.05, 0) is 39.1 Å². The van der Waals surface area contributed by atoms with Gasteiger partial charge in [-0.1, -0.05) is 12.8 Å². The molecule has 1 fully saturated rings. The van der Waals surface area contributed by atoms with Crippen LogP contribution >= 0.6 is 0 Å². The zero-order valence-corrected chi connectivity index (χ0v) is 13.4. The van der Waals surface area contributed by atoms with Crippen molar-refractivity contribution in [3.63, 3.8) is 0 Å². The Morgan fingerprint density at radius 3 is 2.86 bits per heavy atom. The van der Waals surface area contributed by atoms with E-state index < -0.39 is 0 Å². The zero-order chi connectivity index (χ0) is 15.7. The lowest BCUT2D eigenvalue weighted by atomic mass is 9.89. The molecule has 2 heterocycles. The van der Waals surface area contributed by atoms with E-state index in [2.05, 4.69) is 34.4 Å². The Kier molecular flexibility index (Phi) is 4.11. The zero-order valence-electron chi connectivity index (χ0n) is 13.4. The second kappa shape index (κ2) is 6.04. The molecule has 2 aromatic heterocycles. The number of aromatic nitrogens is 3. The number of pyridine rings is 1. The Labute approximate surface area is 130 Å². The second-order valence-electron chi connectivity index (χ2n) is 6.24. The monoisotopic (exact) mass is 301 g/mol. The highest BCUT2D eigenvalue weighted by molar-refractivity contribution is 5.87. The summed E-state index contributed by atoms with van der Waals surface area (Å²) in [4.78, 5) is 18.8. The highest BCUT2D eigenvalue weighted by Crippen LogP contribution is 2.26. The van der Waals surface area contributed by atoms with Crippen LogP contribution in [0.3, 0.4) is 0 Å². The average molecular weight is 301 g/mol. The lowest BCUT2D eigenvalue weighted by Gasteiger charge is -2.36. The van der Waals surface area contributed by atoms with Gasteiger partial charge in [-0.3, -0.25) is 9.78 Å². The first kappa shape index (κ1) is 15.0. The molecule has 0 amide bonds. The van der Waals surface area contributed by atoms with Gasteiger partial charge < -0.3 is 10.2 Å². The number of fused-ring (bicyclic) bond motifs is 1. The van der Waals surface area contributed by atoms with Crippen molar-refractivity contribution in [2.24, 2.45) is 7.05 Å². The van der Waals surface area contributed by atoms with Gasteiger partial charge in [0.1, 0.15) is 5.52 Å². The standard InChI is InChI=1S/C16H23N5O/c1-20(2)13-9-5-4-8-12(13)18-15-14-11(7-6-10-17-14)16(22)21(3)19-15/h6-7,10,12-13H,4-5,8-9H2,1-3H3,(H,18,19)/t12-,13-/m0/s1. The Hall–Kier alpha value is -1.95. The minimum absolute atomic E-state index is 0.110. The molecule has 2 atom stereocenters. The number of anilines is 1. The number of likely N-dealkylation sites (N-methyl/N-ethyl adjacent to an activating group) is 1. The summed E-state index contributed by atoms with van der Waals surface area (Å²) in [6.45, 7) is 0. The van der Waals surface area contributed by atoms with Crippen LogP contribution in [0.15, 0.2) is 23.1 Å². The SMILES string of the molecule is CN(C)[C@H]1CCCC[C@@H]1Nc1nn(C)c(=O)c2cccnc12. The van der Waals surface area contributed by atoms with Crippen molar-refractivity contribution in [1.29, 1.82) is 0 Å². The maximum absolute atomic E-state index is 12.2. The van der Waals surface area contributed by atoms with Gasteiger partial charge in [0, 0.05) is 25.3 Å². The molecule has 0 saturated heterocycles. The van der Waals surface area contributed by atoms with Gasteiger partial charge in [-0.25, -0.2) is 4.68 Å². The summed E-state index contributed by atoms with van der Waals surface area (Å²) in [5.74, 6) is 0.705. The smallest absolute Gasteiger partial charge is 0.276 e. The van der Waals surface area contributed by atoms with E-state index in [1.807, 2.05) is 6.07 Å². The summed E-state index contributed by atoms with van der Waals surface area (Å²) >= 11 is 0. The predicted molar refractivity (Wildman–Crippen MR) is 88.1 cm³/mol. The molecule has 0 bridgehead atoms. The van der Waals surface area contributed by atoms with Gasteiger partial charge in [0.05, 0.1) is 5.39 Å². The molecule has 118 valence electrons. The van der Waals surface area contributed by atoms with E-state index in [1.54, 1.807) is 19.3 Å². The van der Waals surface area contributed by atoms with E-state index in [4.69, 9.17) is 0 Å². The van der Waals surface area contributed by atoms with Crippen LogP contribution in [0.2, 0.25) is 0 Å². The van der Waals surface area contributed by atoms with Crippen LogP contribution in [0.4, 0.5) is 5.82 Å². The maximum Gasteiger partial charge on any atom is 0.276 e. The van der Waals surface area contributed by atoms with Crippen molar-refractivity contribution in [1.82, 2.24) is 19.7 Å². The molecule has 0 spiro atoms. The molecule has 1 saturated carbocycles. The van der Waals surface area contributed by atoms with Crippen LogP contribution in [-0.4, -0.2) is 45.8 Å². The highest BCUT2D eigenvalue weighted by Gasteiger charge is 2.27. The van der Waals surface area contributed by atoms with Crippen LogP contribution in [-0.2, 0) is 7.05 Å². The number of nitrogens with zero attached hydrogens (tertiary/aromatic N) is 4. The fraction of sp³-hybridized carbons (Fsp3) is 0.562. The van der Waals surface area contributed by atoms with Gasteiger partial charge >= 0.3 is 0 Å². The van der Waals surface area contributed by atoms with Gasteiger partial charge in [-0.15, -0.1) is 0 Å². The third-order valence-corrected chi connectivity index (χ3v) is 4.52. The summed E-state index contributed by atoms with van der Waals surface area (Å²) in [6, 6.07) is 4.41. The molecule has 1 N–H and O–H groups in total. The largest absolute Gasteiger partial charge is 0.363 e. The molecular weight excluding hydrogens is 278 g/mol. The average Bonchev–Trinajstić information content (AvgIpc) is 2.53. The normalized spacial score (nSPS) is 22.2. The van der Waals surface area contributed by atoms with Gasteiger partial charge in [0.2, 0.25) is 0 Å². The van der Waals surface area contributed by atoms with Crippen molar-refractivity contribution in [3.8, 4) is 0 Å². The third kappa shape index (κ3) is 2.70. The van der Waals surface area contributed by atoms with E-state index >= 15 is 0 Å². The van der Waals surface area contributed by atoms with E-state index in [-0.39, 0.29) is 5.56 Å². The molecule has 22 heavy (non-hydrogen) atoms. The topological polar surface area (TPSA) is 63.1 Å². The minimum Gasteiger partial charge on any atom is -0.363 e.